The Morgan fingerprint density at radius 1 is 0.966 bits per heavy atom. The van der Waals surface area contributed by atoms with Crippen molar-refractivity contribution in [2.45, 2.75) is 25.3 Å². The van der Waals surface area contributed by atoms with Crippen molar-refractivity contribution in [1.29, 1.82) is 0 Å². The molecule has 0 aliphatic heterocycles. The molecule has 0 saturated heterocycles. The van der Waals surface area contributed by atoms with Gasteiger partial charge in [0.15, 0.2) is 0 Å². The highest BCUT2D eigenvalue weighted by Crippen LogP contribution is 2.29. The van der Waals surface area contributed by atoms with Crippen LogP contribution in [-0.4, -0.2) is 22.4 Å². The fourth-order valence-corrected chi connectivity index (χ4v) is 3.63. The molecule has 3 rings (SSSR count). The van der Waals surface area contributed by atoms with Gasteiger partial charge in [-0.3, -0.25) is 14.8 Å². The summed E-state index contributed by atoms with van der Waals surface area (Å²) in [4.78, 5) is 20.3. The van der Waals surface area contributed by atoms with E-state index in [1.807, 2.05) is 24.4 Å². The van der Waals surface area contributed by atoms with E-state index < -0.39 is 11.9 Å². The first-order chi connectivity index (χ1) is 14.1. The van der Waals surface area contributed by atoms with Crippen LogP contribution in [0, 0.1) is 0 Å². The van der Waals surface area contributed by atoms with Gasteiger partial charge in [-0.1, -0.05) is 35.3 Å². The van der Waals surface area contributed by atoms with Crippen molar-refractivity contribution in [2.75, 3.05) is 6.54 Å². The van der Waals surface area contributed by atoms with Crippen LogP contribution >= 0.6 is 23.2 Å². The average Bonchev–Trinajstić information content (AvgIpc) is 2.73. The number of pyridine rings is 2. The Kier molecular flexibility index (Phi) is 7.58. The molecule has 0 fully saturated rings. The van der Waals surface area contributed by atoms with Crippen LogP contribution in [0.2, 0.25) is 10.0 Å². The number of halogens is 2. The summed E-state index contributed by atoms with van der Waals surface area (Å²) in [6, 6.07) is 10.5. The molecule has 1 atom stereocenters. The Labute approximate surface area is 180 Å². The first kappa shape index (κ1) is 21.2. The highest BCUT2D eigenvalue weighted by Gasteiger charge is 2.21. The van der Waals surface area contributed by atoms with Crippen molar-refractivity contribution in [3.63, 3.8) is 0 Å². The van der Waals surface area contributed by atoms with Gasteiger partial charge in [-0.15, -0.1) is 0 Å². The molecule has 3 N–H and O–H groups in total. The van der Waals surface area contributed by atoms with Crippen molar-refractivity contribution in [3.8, 4) is 0 Å². The molecule has 1 unspecified atom stereocenters. The molecule has 29 heavy (non-hydrogen) atoms. The number of carbonyl (C=O) groups is 1. The molecule has 0 radical (unpaired) electrons. The van der Waals surface area contributed by atoms with E-state index in [2.05, 4.69) is 15.3 Å². The van der Waals surface area contributed by atoms with Crippen LogP contribution in [0.3, 0.4) is 0 Å². The fraction of sp³-hybridized carbons (Fsp3) is 0.227. The maximum atomic E-state index is 12.0. The number of primary amides is 1. The highest BCUT2D eigenvalue weighted by atomic mass is 35.5. The van der Waals surface area contributed by atoms with E-state index in [1.165, 1.54) is 16.7 Å². The molecule has 1 amide bonds. The number of hydrogen-bond donors (Lipinski definition) is 2. The van der Waals surface area contributed by atoms with Crippen molar-refractivity contribution >= 4 is 29.1 Å². The van der Waals surface area contributed by atoms with E-state index in [0.717, 1.165) is 19.3 Å². The SMILES string of the molecule is NC(=O)C(NCCc1ccncc1CCc1ccncc1)c1cccc(Cl)c1Cl. The molecule has 5 nitrogen and oxygen atoms in total. The molecule has 0 bridgehead atoms. The predicted molar refractivity (Wildman–Crippen MR) is 116 cm³/mol. The third kappa shape index (κ3) is 5.76. The Balaban J connectivity index is 1.64. The van der Waals surface area contributed by atoms with E-state index in [1.54, 1.807) is 36.8 Å². The number of nitrogens with one attached hydrogen (secondary N) is 1. The molecule has 3 aromatic rings. The van der Waals surface area contributed by atoms with E-state index in [4.69, 9.17) is 28.9 Å². The normalized spacial score (nSPS) is 11.9. The second-order valence-corrected chi connectivity index (χ2v) is 7.47. The van der Waals surface area contributed by atoms with Crippen LogP contribution in [0.15, 0.2) is 61.2 Å². The zero-order valence-electron chi connectivity index (χ0n) is 15.8. The van der Waals surface area contributed by atoms with Crippen LogP contribution in [0.1, 0.15) is 28.3 Å². The number of nitrogens with two attached hydrogens (primary N) is 1. The number of rotatable bonds is 9. The molecule has 0 aliphatic carbocycles. The van der Waals surface area contributed by atoms with Gasteiger partial charge in [0.1, 0.15) is 6.04 Å². The van der Waals surface area contributed by atoms with E-state index in [9.17, 15) is 4.79 Å². The van der Waals surface area contributed by atoms with Gasteiger partial charge in [-0.2, -0.15) is 0 Å². The third-order valence-electron chi connectivity index (χ3n) is 4.76. The van der Waals surface area contributed by atoms with E-state index in [0.29, 0.717) is 22.2 Å². The fourth-order valence-electron chi connectivity index (χ4n) is 3.21. The number of benzene rings is 1. The standard InChI is InChI=1S/C22H22Cl2N4O/c23-19-3-1-2-18(20(19)24)21(22(25)29)28-13-9-16-8-12-27-14-17(16)5-4-15-6-10-26-11-7-15/h1-3,6-8,10-12,14,21,28H,4-5,9,13H2,(H2,25,29). The molecule has 7 heteroatoms. The maximum absolute atomic E-state index is 12.0. The van der Waals surface area contributed by atoms with Crippen molar-refractivity contribution in [2.24, 2.45) is 5.73 Å². The van der Waals surface area contributed by atoms with Gasteiger partial charge in [-0.05, 0) is 65.8 Å². The molecular weight excluding hydrogens is 407 g/mol. The first-order valence-electron chi connectivity index (χ1n) is 9.33. The quantitative estimate of drug-likeness (QED) is 0.540. The molecule has 0 aliphatic rings. The van der Waals surface area contributed by atoms with Crippen molar-refractivity contribution < 1.29 is 4.79 Å². The molecule has 1 aromatic carbocycles. The lowest BCUT2D eigenvalue weighted by Gasteiger charge is -2.18. The lowest BCUT2D eigenvalue weighted by Crippen LogP contribution is -2.35. The van der Waals surface area contributed by atoms with Gasteiger partial charge in [0.05, 0.1) is 10.0 Å². The zero-order valence-corrected chi connectivity index (χ0v) is 17.3. The van der Waals surface area contributed by atoms with Crippen LogP contribution in [-0.2, 0) is 24.1 Å². The lowest BCUT2D eigenvalue weighted by molar-refractivity contribution is -0.120. The minimum atomic E-state index is -0.705. The topological polar surface area (TPSA) is 80.9 Å². The number of hydrogen-bond acceptors (Lipinski definition) is 4. The van der Waals surface area contributed by atoms with Gasteiger partial charge >= 0.3 is 0 Å². The largest absolute Gasteiger partial charge is 0.368 e. The smallest absolute Gasteiger partial charge is 0.239 e. The van der Waals surface area contributed by atoms with Gasteiger partial charge < -0.3 is 11.1 Å². The van der Waals surface area contributed by atoms with Gasteiger partial charge in [0.2, 0.25) is 5.91 Å². The molecule has 150 valence electrons. The molecule has 2 aromatic heterocycles. The predicted octanol–water partition coefficient (Wildman–Crippen LogP) is 3.93. The summed E-state index contributed by atoms with van der Waals surface area (Å²) in [6.45, 7) is 0.558. The van der Waals surface area contributed by atoms with Crippen molar-refractivity contribution in [3.05, 3.63) is 93.5 Å². The molecule has 2 heterocycles. The van der Waals surface area contributed by atoms with Crippen molar-refractivity contribution in [1.82, 2.24) is 15.3 Å². The second kappa shape index (κ2) is 10.3. The summed E-state index contributed by atoms with van der Waals surface area (Å²) in [6.07, 6.45) is 9.81. The maximum Gasteiger partial charge on any atom is 0.239 e. The van der Waals surface area contributed by atoms with Crippen LogP contribution in [0.25, 0.3) is 0 Å². The van der Waals surface area contributed by atoms with E-state index in [-0.39, 0.29) is 0 Å². The summed E-state index contributed by atoms with van der Waals surface area (Å²) in [5.74, 6) is -0.498. The molecular formula is C22H22Cl2N4O. The number of nitrogens with zero attached hydrogens (tertiary/aromatic N) is 2. The Morgan fingerprint density at radius 3 is 2.48 bits per heavy atom. The lowest BCUT2D eigenvalue weighted by atomic mass is 10.00. The Hall–Kier alpha value is -2.47. The summed E-state index contributed by atoms with van der Waals surface area (Å²) in [5, 5.41) is 3.94. The Bertz CT molecular complexity index is 966. The summed E-state index contributed by atoms with van der Waals surface area (Å²) < 4.78 is 0. The minimum Gasteiger partial charge on any atom is -0.368 e. The second-order valence-electron chi connectivity index (χ2n) is 6.68. The number of aromatic nitrogens is 2. The summed E-state index contributed by atoms with van der Waals surface area (Å²) in [5.41, 5.74) is 9.77. The van der Waals surface area contributed by atoms with Gasteiger partial charge in [0, 0.05) is 31.3 Å². The first-order valence-corrected chi connectivity index (χ1v) is 10.1. The van der Waals surface area contributed by atoms with Crippen LogP contribution in [0.5, 0.6) is 0 Å². The number of aryl methyl sites for hydroxylation is 2. The summed E-state index contributed by atoms with van der Waals surface area (Å²) >= 11 is 12.3. The molecule has 0 saturated carbocycles. The molecule has 0 spiro atoms. The van der Waals surface area contributed by atoms with Crippen LogP contribution < -0.4 is 11.1 Å². The van der Waals surface area contributed by atoms with Crippen LogP contribution in [0.4, 0.5) is 0 Å². The summed E-state index contributed by atoms with van der Waals surface area (Å²) in [7, 11) is 0. The average molecular weight is 429 g/mol. The zero-order chi connectivity index (χ0) is 20.6. The third-order valence-corrected chi connectivity index (χ3v) is 5.59. The van der Waals surface area contributed by atoms with Gasteiger partial charge in [0.25, 0.3) is 0 Å². The number of carbonyl (C=O) groups excluding carboxylic acids is 1. The highest BCUT2D eigenvalue weighted by molar-refractivity contribution is 6.42. The monoisotopic (exact) mass is 428 g/mol. The van der Waals surface area contributed by atoms with E-state index >= 15 is 0 Å². The Morgan fingerprint density at radius 2 is 1.72 bits per heavy atom. The van der Waals surface area contributed by atoms with Gasteiger partial charge in [-0.25, -0.2) is 0 Å². The minimum absolute atomic E-state index is 0.340. The number of amides is 1.